The molecule has 348 valence electrons. The van der Waals surface area contributed by atoms with E-state index in [-0.39, 0.29) is 44.2 Å². The second-order valence-corrected chi connectivity index (χ2v) is 16.9. The molecule has 2 aliphatic rings. The molecule has 1 aromatic carbocycles. The van der Waals surface area contributed by atoms with Crippen LogP contribution in [0.4, 0.5) is 0 Å². The number of hydrogen-bond donors (Lipinski definition) is 5. The molecule has 1 aromatic rings. The molecule has 4 amide bonds. The number of unbranched alkanes of at least 4 members (excludes halogenated alkanes) is 14. The van der Waals surface area contributed by atoms with Gasteiger partial charge in [-0.25, -0.2) is 19.9 Å². The van der Waals surface area contributed by atoms with Crippen LogP contribution in [0.2, 0.25) is 0 Å². The number of phenols is 1. The number of benzene rings is 1. The molecule has 0 spiro atoms. The van der Waals surface area contributed by atoms with E-state index in [0.29, 0.717) is 53.4 Å². The molecule has 0 saturated carbocycles. The first-order valence-corrected chi connectivity index (χ1v) is 23.4. The lowest BCUT2D eigenvalue weighted by atomic mass is 10.00. The lowest BCUT2D eigenvalue weighted by Crippen LogP contribution is -2.50. The summed E-state index contributed by atoms with van der Waals surface area (Å²) in [7, 11) is 0. The molecule has 5 N–H and O–H groups in total. The number of carbonyl (C=O) groups excluding carboxylic acids is 5. The van der Waals surface area contributed by atoms with E-state index in [4.69, 9.17) is 9.47 Å². The Morgan fingerprint density at radius 1 is 0.968 bits per heavy atom. The summed E-state index contributed by atoms with van der Waals surface area (Å²) in [6.45, 7) is 7.41. The van der Waals surface area contributed by atoms with Crippen molar-refractivity contribution < 1.29 is 49.0 Å². The third-order valence-electron chi connectivity index (χ3n) is 11.7. The quantitative estimate of drug-likeness (QED) is 0.0175. The van der Waals surface area contributed by atoms with Gasteiger partial charge in [0.25, 0.3) is 11.8 Å². The van der Waals surface area contributed by atoms with Crippen molar-refractivity contribution in [2.24, 2.45) is 10.9 Å². The van der Waals surface area contributed by atoms with Gasteiger partial charge in [-0.15, -0.1) is 0 Å². The van der Waals surface area contributed by atoms with E-state index >= 15 is 0 Å². The number of amides is 4. The molecule has 0 radical (unpaired) electrons. The second kappa shape index (κ2) is 29.0. The summed E-state index contributed by atoms with van der Waals surface area (Å²) in [5.41, 5.74) is 1.07. The van der Waals surface area contributed by atoms with Gasteiger partial charge < -0.3 is 25.2 Å². The number of nitrogens with one attached hydrogen (secondary N) is 2. The molecule has 15 nitrogen and oxygen atoms in total. The first-order chi connectivity index (χ1) is 29.9. The molecule has 62 heavy (non-hydrogen) atoms. The second-order valence-electron chi connectivity index (χ2n) is 16.9. The van der Waals surface area contributed by atoms with Crippen molar-refractivity contribution in [3.8, 4) is 5.75 Å². The van der Waals surface area contributed by atoms with E-state index in [1.807, 2.05) is 0 Å². The summed E-state index contributed by atoms with van der Waals surface area (Å²) < 4.78 is 11.5. The zero-order chi connectivity index (χ0) is 45.3. The highest BCUT2D eigenvalue weighted by molar-refractivity contribution is 6.01. The van der Waals surface area contributed by atoms with E-state index in [0.717, 1.165) is 19.3 Å². The SMILES string of the molecule is CCCCCCCCCCCCCCCC=CC(=O)N(O)CCCCC(NC(=O)C1COC(c2c(C)cccc2O)=N1)C(=O)OC(CC)C(C)C(=O)NC1CCCCN(O)C1=O. The lowest BCUT2D eigenvalue weighted by Gasteiger charge is -2.27. The topological polar surface area (TPSA) is 207 Å². The molecule has 15 heteroatoms. The van der Waals surface area contributed by atoms with Gasteiger partial charge in [0.2, 0.25) is 17.7 Å². The van der Waals surface area contributed by atoms with Crippen LogP contribution in [0.5, 0.6) is 5.75 Å². The third kappa shape index (κ3) is 18.1. The predicted molar refractivity (Wildman–Crippen MR) is 236 cm³/mol. The fourth-order valence-corrected chi connectivity index (χ4v) is 7.76. The van der Waals surface area contributed by atoms with Crippen molar-refractivity contribution in [2.75, 3.05) is 19.7 Å². The number of ether oxygens (including phenoxy) is 2. The monoisotopic (exact) mass is 870 g/mol. The van der Waals surface area contributed by atoms with Crippen LogP contribution in [0, 0.1) is 12.8 Å². The zero-order valence-corrected chi connectivity index (χ0v) is 37.8. The van der Waals surface area contributed by atoms with Crippen LogP contribution in [0.25, 0.3) is 0 Å². The highest BCUT2D eigenvalue weighted by Gasteiger charge is 2.36. The van der Waals surface area contributed by atoms with E-state index in [2.05, 4.69) is 22.5 Å². The molecule has 2 heterocycles. The van der Waals surface area contributed by atoms with Crippen LogP contribution in [0.15, 0.2) is 35.3 Å². The van der Waals surface area contributed by atoms with Crippen LogP contribution < -0.4 is 10.6 Å². The Labute approximate surface area is 369 Å². The molecular weight excluding hydrogens is 795 g/mol. The zero-order valence-electron chi connectivity index (χ0n) is 37.8. The Bertz CT molecular complexity index is 1600. The normalized spacial score (nSPS) is 18.1. The molecule has 2 aliphatic heterocycles. The van der Waals surface area contributed by atoms with Crippen molar-refractivity contribution in [1.82, 2.24) is 20.8 Å². The third-order valence-corrected chi connectivity index (χ3v) is 11.7. The number of rotatable bonds is 29. The number of phenolic OH excluding ortho intramolecular Hbond substituents is 1. The molecule has 3 rings (SSSR count). The van der Waals surface area contributed by atoms with Gasteiger partial charge in [-0.1, -0.05) is 116 Å². The summed E-state index contributed by atoms with van der Waals surface area (Å²) in [4.78, 5) is 70.1. The highest BCUT2D eigenvalue weighted by Crippen LogP contribution is 2.25. The first-order valence-electron chi connectivity index (χ1n) is 23.4. The molecule has 0 bridgehead atoms. The van der Waals surface area contributed by atoms with Crippen LogP contribution in [0.3, 0.4) is 0 Å². The highest BCUT2D eigenvalue weighted by atomic mass is 16.5. The van der Waals surface area contributed by atoms with Gasteiger partial charge in [0.1, 0.15) is 30.5 Å². The molecule has 5 atom stereocenters. The maximum Gasteiger partial charge on any atom is 0.328 e. The van der Waals surface area contributed by atoms with Crippen LogP contribution in [-0.4, -0.2) is 105 Å². The van der Waals surface area contributed by atoms with Gasteiger partial charge in [0, 0.05) is 19.2 Å². The van der Waals surface area contributed by atoms with E-state index in [9.17, 15) is 39.5 Å². The summed E-state index contributed by atoms with van der Waals surface area (Å²) in [5, 5.41) is 37.5. The van der Waals surface area contributed by atoms with E-state index in [1.165, 1.54) is 82.8 Å². The van der Waals surface area contributed by atoms with Crippen LogP contribution >= 0.6 is 0 Å². The Hall–Kier alpha value is -4.50. The van der Waals surface area contributed by atoms with Crippen molar-refractivity contribution in [3.63, 3.8) is 0 Å². The van der Waals surface area contributed by atoms with Gasteiger partial charge in [0.05, 0.1) is 11.5 Å². The van der Waals surface area contributed by atoms with Crippen molar-refractivity contribution in [1.29, 1.82) is 0 Å². The number of hydrogen-bond acceptors (Lipinski definition) is 11. The smallest absolute Gasteiger partial charge is 0.328 e. The summed E-state index contributed by atoms with van der Waals surface area (Å²) in [6, 6.07) is 1.85. The summed E-state index contributed by atoms with van der Waals surface area (Å²) in [5.74, 6) is -3.86. The Morgan fingerprint density at radius 2 is 1.63 bits per heavy atom. The summed E-state index contributed by atoms with van der Waals surface area (Å²) >= 11 is 0. The standard InChI is InChI=1S/C47H75N5O10/c1-5-7-8-9-10-11-12-13-14-15-16-17-18-19-20-30-41(54)51(59)31-23-22-28-37(49-44(56)38-33-61-45(50-38)42-34(3)26-25-29-39(42)53)47(58)62-40(6-2)35(4)43(55)48-36-27-21-24-32-52(60)46(36)57/h20,25-26,29-30,35-38,40,53,59-60H,5-19,21-24,27-28,31-33H2,1-4H3,(H,48,55)(H,49,56). The van der Waals surface area contributed by atoms with Crippen molar-refractivity contribution in [3.05, 3.63) is 41.5 Å². The van der Waals surface area contributed by atoms with E-state index < -0.39 is 59.7 Å². The maximum absolute atomic E-state index is 13.8. The average molecular weight is 870 g/mol. The van der Waals surface area contributed by atoms with Gasteiger partial charge in [0.15, 0.2) is 6.04 Å². The first kappa shape index (κ1) is 51.8. The van der Waals surface area contributed by atoms with Crippen molar-refractivity contribution >= 4 is 35.5 Å². The Morgan fingerprint density at radius 3 is 2.27 bits per heavy atom. The Kier molecular flexibility index (Phi) is 24.2. The number of hydroxylamine groups is 4. The molecule has 1 saturated heterocycles. The number of esters is 1. The number of aromatic hydroxyl groups is 1. The van der Waals surface area contributed by atoms with Crippen LogP contribution in [0.1, 0.15) is 167 Å². The van der Waals surface area contributed by atoms with Crippen molar-refractivity contribution in [2.45, 2.75) is 187 Å². The average Bonchev–Trinajstić information content (AvgIpc) is 3.69. The minimum atomic E-state index is -1.17. The fraction of sp³-hybridized carbons (Fsp3) is 0.702. The maximum atomic E-state index is 13.8. The Balaban J connectivity index is 1.51. The number of aliphatic imine (C=N–C) groups is 1. The van der Waals surface area contributed by atoms with Crippen LogP contribution in [-0.2, 0) is 33.4 Å². The minimum absolute atomic E-state index is 0.00160. The predicted octanol–water partition coefficient (Wildman–Crippen LogP) is 7.60. The molecule has 0 aliphatic carbocycles. The van der Waals surface area contributed by atoms with E-state index in [1.54, 1.807) is 39.0 Å². The molecule has 0 aromatic heterocycles. The van der Waals surface area contributed by atoms with Gasteiger partial charge >= 0.3 is 5.97 Å². The largest absolute Gasteiger partial charge is 0.507 e. The van der Waals surface area contributed by atoms with Gasteiger partial charge in [-0.05, 0) is 76.3 Å². The molecule has 5 unspecified atom stereocenters. The fourth-order valence-electron chi connectivity index (χ4n) is 7.76. The molecule has 1 fully saturated rings. The number of nitrogens with zero attached hydrogens (tertiary/aromatic N) is 3. The lowest BCUT2D eigenvalue weighted by molar-refractivity contribution is -0.167. The summed E-state index contributed by atoms with van der Waals surface area (Å²) in [6.07, 6.45) is 22.0. The minimum Gasteiger partial charge on any atom is -0.507 e. The van der Waals surface area contributed by atoms with Gasteiger partial charge in [-0.3, -0.25) is 29.6 Å². The van der Waals surface area contributed by atoms with Gasteiger partial charge in [-0.2, -0.15) is 0 Å². The number of carbonyl (C=O) groups is 5. The number of aryl methyl sites for hydroxylation is 1. The molecular formula is C47H75N5O10. The number of allylic oxidation sites excluding steroid dienone is 1.